The van der Waals surface area contributed by atoms with Crippen molar-refractivity contribution in [3.63, 3.8) is 0 Å². The highest BCUT2D eigenvalue weighted by atomic mass is 16.5. The number of rotatable bonds is 5. The molecule has 0 aromatic carbocycles. The first-order valence-electron chi connectivity index (χ1n) is 7.25. The van der Waals surface area contributed by atoms with E-state index in [1.807, 2.05) is 0 Å². The monoisotopic (exact) mass is 263 g/mol. The third-order valence-corrected chi connectivity index (χ3v) is 3.67. The first-order chi connectivity index (χ1) is 9.22. The van der Waals surface area contributed by atoms with Gasteiger partial charge in [-0.15, -0.1) is 0 Å². The van der Waals surface area contributed by atoms with Crippen molar-refractivity contribution in [1.82, 2.24) is 4.98 Å². The summed E-state index contributed by atoms with van der Waals surface area (Å²) in [6, 6.07) is 4.18. The van der Waals surface area contributed by atoms with Crippen LogP contribution in [0.2, 0.25) is 0 Å². The summed E-state index contributed by atoms with van der Waals surface area (Å²) < 4.78 is 5.79. The van der Waals surface area contributed by atoms with E-state index in [-0.39, 0.29) is 0 Å². The number of aromatic nitrogens is 1. The number of nitrogens with zero attached hydrogens (tertiary/aromatic N) is 2. The maximum Gasteiger partial charge on any atom is 0.128 e. The number of likely N-dealkylation sites (N-methyl/N-ethyl adjacent to an activating group) is 1. The quantitative estimate of drug-likeness (QED) is 0.884. The molecular weight excluding hydrogens is 238 g/mol. The largest absolute Gasteiger partial charge is 0.376 e. The molecule has 0 saturated carbocycles. The summed E-state index contributed by atoms with van der Waals surface area (Å²) in [5.74, 6) is 1.01. The smallest absolute Gasteiger partial charge is 0.128 e. The van der Waals surface area contributed by atoms with Crippen molar-refractivity contribution in [2.75, 3.05) is 25.1 Å². The highest BCUT2D eigenvalue weighted by Crippen LogP contribution is 2.18. The summed E-state index contributed by atoms with van der Waals surface area (Å²) in [6.07, 6.45) is 4.90. The van der Waals surface area contributed by atoms with Crippen molar-refractivity contribution in [1.29, 1.82) is 0 Å². The molecule has 1 aromatic heterocycles. The molecular formula is C15H25N3O. The zero-order valence-electron chi connectivity index (χ0n) is 12.1. The Balaban J connectivity index is 2.06. The minimum Gasteiger partial charge on any atom is -0.376 e. The molecule has 2 heterocycles. The summed E-state index contributed by atoms with van der Waals surface area (Å²) in [7, 11) is 2.08. The maximum atomic E-state index is 5.79. The summed E-state index contributed by atoms with van der Waals surface area (Å²) in [6.45, 7) is 4.49. The SMILES string of the molecule is CCc1cc(CN)cc(N(C)CC2CCCCO2)n1. The molecule has 2 N–H and O–H groups in total. The zero-order chi connectivity index (χ0) is 13.7. The fourth-order valence-electron chi connectivity index (χ4n) is 2.48. The van der Waals surface area contributed by atoms with Crippen molar-refractivity contribution in [2.24, 2.45) is 5.73 Å². The standard InChI is InChI=1S/C15H25N3O/c1-3-13-8-12(10-16)9-15(17-13)18(2)11-14-6-4-5-7-19-14/h8-9,14H,3-7,10-11,16H2,1-2H3. The van der Waals surface area contributed by atoms with Crippen LogP contribution in [0.25, 0.3) is 0 Å². The minimum absolute atomic E-state index is 0.340. The summed E-state index contributed by atoms with van der Waals surface area (Å²) in [5, 5.41) is 0. The number of pyridine rings is 1. The number of hydrogen-bond donors (Lipinski definition) is 1. The Kier molecular flexibility index (Phi) is 5.16. The first kappa shape index (κ1) is 14.3. The number of anilines is 1. The minimum atomic E-state index is 0.340. The molecule has 2 rings (SSSR count). The van der Waals surface area contributed by atoms with Crippen LogP contribution in [0.5, 0.6) is 0 Å². The van der Waals surface area contributed by atoms with Gasteiger partial charge in [0.05, 0.1) is 6.10 Å². The lowest BCUT2D eigenvalue weighted by molar-refractivity contribution is 0.0215. The molecule has 4 nitrogen and oxygen atoms in total. The third kappa shape index (κ3) is 3.91. The topological polar surface area (TPSA) is 51.4 Å². The maximum absolute atomic E-state index is 5.79. The van der Waals surface area contributed by atoms with E-state index in [9.17, 15) is 0 Å². The van der Waals surface area contributed by atoms with E-state index in [0.29, 0.717) is 12.6 Å². The average Bonchev–Trinajstić information content (AvgIpc) is 2.47. The van der Waals surface area contributed by atoms with Crippen molar-refractivity contribution in [3.8, 4) is 0 Å². The molecule has 0 radical (unpaired) electrons. The van der Waals surface area contributed by atoms with Crippen LogP contribution in [0.4, 0.5) is 5.82 Å². The van der Waals surface area contributed by atoms with E-state index in [1.165, 1.54) is 12.8 Å². The fourth-order valence-corrected chi connectivity index (χ4v) is 2.48. The molecule has 4 heteroatoms. The molecule has 1 fully saturated rings. The van der Waals surface area contributed by atoms with Gasteiger partial charge in [-0.2, -0.15) is 0 Å². The zero-order valence-corrected chi connectivity index (χ0v) is 12.1. The lowest BCUT2D eigenvalue weighted by atomic mass is 10.1. The van der Waals surface area contributed by atoms with Crippen molar-refractivity contribution >= 4 is 5.82 Å². The second-order valence-electron chi connectivity index (χ2n) is 5.25. The lowest BCUT2D eigenvalue weighted by Crippen LogP contribution is -2.34. The Morgan fingerprint density at radius 3 is 2.89 bits per heavy atom. The van der Waals surface area contributed by atoms with Crippen molar-refractivity contribution < 1.29 is 4.74 Å². The summed E-state index contributed by atoms with van der Waals surface area (Å²) in [4.78, 5) is 6.87. The Hall–Kier alpha value is -1.13. The molecule has 1 aliphatic rings. The van der Waals surface area contributed by atoms with Gasteiger partial charge in [0.1, 0.15) is 5.82 Å². The summed E-state index contributed by atoms with van der Waals surface area (Å²) >= 11 is 0. The molecule has 106 valence electrons. The van der Waals surface area contributed by atoms with Gasteiger partial charge in [0.15, 0.2) is 0 Å². The predicted octanol–water partition coefficient (Wildman–Crippen LogP) is 2.11. The number of aryl methyl sites for hydroxylation is 1. The predicted molar refractivity (Wildman–Crippen MR) is 78.4 cm³/mol. The highest BCUT2D eigenvalue weighted by Gasteiger charge is 2.17. The van der Waals surface area contributed by atoms with Crippen LogP contribution in [-0.4, -0.2) is 31.3 Å². The molecule has 0 spiro atoms. The Labute approximate surface area is 116 Å². The first-order valence-corrected chi connectivity index (χ1v) is 7.25. The van der Waals surface area contributed by atoms with Crippen LogP contribution in [0.1, 0.15) is 37.4 Å². The van der Waals surface area contributed by atoms with E-state index >= 15 is 0 Å². The molecule has 0 bridgehead atoms. The van der Waals surface area contributed by atoms with E-state index in [1.54, 1.807) is 0 Å². The summed E-state index contributed by atoms with van der Waals surface area (Å²) in [5.41, 5.74) is 8.01. The van der Waals surface area contributed by atoms with Crippen molar-refractivity contribution in [2.45, 2.75) is 45.3 Å². The molecule has 1 aromatic rings. The second kappa shape index (κ2) is 6.87. The molecule has 0 amide bonds. The van der Waals surface area contributed by atoms with Gasteiger partial charge < -0.3 is 15.4 Å². The van der Waals surface area contributed by atoms with Crippen LogP contribution in [0, 0.1) is 0 Å². The highest BCUT2D eigenvalue weighted by molar-refractivity contribution is 5.42. The Morgan fingerprint density at radius 2 is 2.26 bits per heavy atom. The third-order valence-electron chi connectivity index (χ3n) is 3.67. The molecule has 1 atom stereocenters. The van der Waals surface area contributed by atoms with E-state index in [4.69, 9.17) is 10.5 Å². The van der Waals surface area contributed by atoms with E-state index in [0.717, 1.165) is 43.1 Å². The second-order valence-corrected chi connectivity index (χ2v) is 5.25. The van der Waals surface area contributed by atoms with Crippen LogP contribution in [0.15, 0.2) is 12.1 Å². The molecule has 1 aliphatic heterocycles. The van der Waals surface area contributed by atoms with Gasteiger partial charge in [-0.1, -0.05) is 6.92 Å². The van der Waals surface area contributed by atoms with Gasteiger partial charge in [-0.25, -0.2) is 4.98 Å². The van der Waals surface area contributed by atoms with Crippen LogP contribution < -0.4 is 10.6 Å². The van der Waals surface area contributed by atoms with Gasteiger partial charge in [-0.3, -0.25) is 0 Å². The Bertz CT molecular complexity index is 380. The van der Waals surface area contributed by atoms with Gasteiger partial charge in [-0.05, 0) is 43.4 Å². The number of nitrogens with two attached hydrogens (primary N) is 1. The lowest BCUT2D eigenvalue weighted by Gasteiger charge is -2.28. The van der Waals surface area contributed by atoms with Gasteiger partial charge in [0.2, 0.25) is 0 Å². The van der Waals surface area contributed by atoms with Gasteiger partial charge in [0.25, 0.3) is 0 Å². The average molecular weight is 263 g/mol. The molecule has 0 aliphatic carbocycles. The number of ether oxygens (including phenoxy) is 1. The fraction of sp³-hybridized carbons (Fsp3) is 0.667. The Morgan fingerprint density at radius 1 is 1.42 bits per heavy atom. The molecule has 1 unspecified atom stereocenters. The number of hydrogen-bond acceptors (Lipinski definition) is 4. The molecule has 19 heavy (non-hydrogen) atoms. The molecule has 1 saturated heterocycles. The van der Waals surface area contributed by atoms with Crippen LogP contribution >= 0.6 is 0 Å². The van der Waals surface area contributed by atoms with Gasteiger partial charge >= 0.3 is 0 Å². The van der Waals surface area contributed by atoms with Crippen molar-refractivity contribution in [3.05, 3.63) is 23.4 Å². The van der Waals surface area contributed by atoms with E-state index in [2.05, 4.69) is 36.0 Å². The van der Waals surface area contributed by atoms with Crippen LogP contribution in [-0.2, 0) is 17.7 Å². The van der Waals surface area contributed by atoms with Gasteiger partial charge in [0, 0.05) is 32.4 Å². The van der Waals surface area contributed by atoms with Crippen LogP contribution in [0.3, 0.4) is 0 Å². The van der Waals surface area contributed by atoms with E-state index < -0.39 is 0 Å². The normalized spacial score (nSPS) is 19.4.